The molecule has 0 saturated carbocycles. The monoisotopic (exact) mass is 432 g/mol. The molecule has 0 unspecified atom stereocenters. The smallest absolute Gasteiger partial charge is 0.328 e. The van der Waals surface area contributed by atoms with Gasteiger partial charge in [0.2, 0.25) is 5.78 Å². The first-order chi connectivity index (χ1) is 14.9. The van der Waals surface area contributed by atoms with E-state index < -0.39 is 11.8 Å². The van der Waals surface area contributed by atoms with Crippen molar-refractivity contribution in [1.29, 1.82) is 0 Å². The number of benzene rings is 3. The van der Waals surface area contributed by atoms with E-state index in [0.717, 1.165) is 17.4 Å². The molecule has 3 N–H and O–H groups in total. The van der Waals surface area contributed by atoms with Crippen molar-refractivity contribution in [3.8, 4) is 23.0 Å². The van der Waals surface area contributed by atoms with Crippen molar-refractivity contribution in [3.05, 3.63) is 88.8 Å². The number of phenolic OH excluding ortho intramolecular Hbond substituents is 2. The van der Waals surface area contributed by atoms with Crippen molar-refractivity contribution < 1.29 is 29.6 Å². The fourth-order valence-electron chi connectivity index (χ4n) is 3.03. The normalized spacial score (nSPS) is 11.1. The summed E-state index contributed by atoms with van der Waals surface area (Å²) in [4.78, 5) is 24.1. The number of phenols is 2. The lowest BCUT2D eigenvalue weighted by molar-refractivity contribution is -0.131. The van der Waals surface area contributed by atoms with Gasteiger partial charge in [0.15, 0.2) is 5.75 Å². The number of carbonyl (C=O) groups excluding carboxylic acids is 1. The van der Waals surface area contributed by atoms with Crippen LogP contribution in [0.3, 0.4) is 0 Å². The molecule has 154 valence electrons. The van der Waals surface area contributed by atoms with Crippen LogP contribution in [0.2, 0.25) is 0 Å². The van der Waals surface area contributed by atoms with E-state index in [0.29, 0.717) is 27.1 Å². The molecule has 0 amide bonds. The SMILES string of the molecule is O=C(O)/C=C/c1ccc(Oc2c(C(=O)c3ccccc3O)sc3cc(O)ccc23)cc1. The standard InChI is InChI=1S/C24H16O6S/c25-15-8-11-18-20(13-15)31-24(22(29)17-3-1-2-4-19(17)26)23(18)30-16-9-5-14(6-10-16)7-12-21(27)28/h1-13,25-26H,(H,27,28)/b12-7+. The number of rotatable bonds is 6. The maximum Gasteiger partial charge on any atom is 0.328 e. The van der Waals surface area contributed by atoms with Gasteiger partial charge in [-0.05, 0) is 54.1 Å². The summed E-state index contributed by atoms with van der Waals surface area (Å²) in [5, 5.41) is 29.3. The number of hydrogen-bond donors (Lipinski definition) is 3. The molecule has 0 aliphatic carbocycles. The predicted octanol–water partition coefficient (Wildman–Crippen LogP) is 5.43. The number of aliphatic carboxylic acids is 1. The quantitative estimate of drug-likeness (QED) is 0.277. The van der Waals surface area contributed by atoms with Gasteiger partial charge in [-0.2, -0.15) is 0 Å². The zero-order chi connectivity index (χ0) is 22.0. The third-order valence-electron chi connectivity index (χ3n) is 4.50. The average molecular weight is 432 g/mol. The van der Waals surface area contributed by atoms with Crippen LogP contribution in [0.15, 0.2) is 72.8 Å². The third-order valence-corrected chi connectivity index (χ3v) is 5.63. The summed E-state index contributed by atoms with van der Waals surface area (Å²) in [6, 6.07) is 17.7. The molecular weight excluding hydrogens is 416 g/mol. The number of carboxylic acids is 1. The van der Waals surface area contributed by atoms with E-state index in [1.54, 1.807) is 48.5 Å². The van der Waals surface area contributed by atoms with E-state index in [4.69, 9.17) is 9.84 Å². The number of aromatic hydroxyl groups is 2. The van der Waals surface area contributed by atoms with Crippen molar-refractivity contribution in [1.82, 2.24) is 0 Å². The van der Waals surface area contributed by atoms with E-state index in [2.05, 4.69) is 0 Å². The topological polar surface area (TPSA) is 104 Å². The fraction of sp³-hybridized carbons (Fsp3) is 0. The molecule has 0 saturated heterocycles. The third kappa shape index (κ3) is 4.26. The molecule has 31 heavy (non-hydrogen) atoms. The van der Waals surface area contributed by atoms with Gasteiger partial charge in [0, 0.05) is 16.2 Å². The Hall–Kier alpha value is -4.10. The van der Waals surface area contributed by atoms with Gasteiger partial charge in [0.05, 0.1) is 5.56 Å². The molecule has 0 radical (unpaired) electrons. The lowest BCUT2D eigenvalue weighted by Crippen LogP contribution is -2.01. The van der Waals surface area contributed by atoms with Crippen LogP contribution in [0.4, 0.5) is 0 Å². The number of ketones is 1. The van der Waals surface area contributed by atoms with Crippen LogP contribution < -0.4 is 4.74 Å². The van der Waals surface area contributed by atoms with Crippen molar-refractivity contribution >= 4 is 39.3 Å². The minimum atomic E-state index is -1.04. The number of ether oxygens (including phenoxy) is 1. The zero-order valence-electron chi connectivity index (χ0n) is 16.0. The van der Waals surface area contributed by atoms with Crippen molar-refractivity contribution in [3.63, 3.8) is 0 Å². The highest BCUT2D eigenvalue weighted by Gasteiger charge is 2.24. The summed E-state index contributed by atoms with van der Waals surface area (Å²) in [5.41, 5.74) is 0.831. The molecule has 4 rings (SSSR count). The van der Waals surface area contributed by atoms with Gasteiger partial charge in [0.1, 0.15) is 22.1 Å². The Morgan fingerprint density at radius 2 is 1.68 bits per heavy atom. The number of para-hydroxylation sites is 1. The fourth-order valence-corrected chi connectivity index (χ4v) is 4.15. The highest BCUT2D eigenvalue weighted by atomic mass is 32.1. The number of carboxylic acid groups (broad SMARTS) is 1. The van der Waals surface area contributed by atoms with Gasteiger partial charge >= 0.3 is 5.97 Å². The molecule has 4 aromatic rings. The van der Waals surface area contributed by atoms with Crippen LogP contribution in [0.25, 0.3) is 16.2 Å². The van der Waals surface area contributed by atoms with Crippen LogP contribution in [-0.4, -0.2) is 27.1 Å². The zero-order valence-corrected chi connectivity index (χ0v) is 16.8. The lowest BCUT2D eigenvalue weighted by Gasteiger charge is -2.09. The van der Waals surface area contributed by atoms with Crippen LogP contribution >= 0.6 is 11.3 Å². The van der Waals surface area contributed by atoms with E-state index in [-0.39, 0.29) is 21.9 Å². The Balaban J connectivity index is 1.76. The number of carbonyl (C=O) groups is 2. The first kappa shape index (κ1) is 20.2. The summed E-state index contributed by atoms with van der Waals surface area (Å²) < 4.78 is 6.71. The number of thiophene rings is 1. The summed E-state index contributed by atoms with van der Waals surface area (Å²) in [5.74, 6) is -0.728. The maximum absolute atomic E-state index is 13.2. The molecule has 1 heterocycles. The Labute approximate surface area is 180 Å². The lowest BCUT2D eigenvalue weighted by atomic mass is 10.1. The predicted molar refractivity (Wildman–Crippen MR) is 118 cm³/mol. The maximum atomic E-state index is 13.2. The van der Waals surface area contributed by atoms with Crippen molar-refractivity contribution in [2.24, 2.45) is 0 Å². The van der Waals surface area contributed by atoms with E-state index in [1.807, 2.05) is 0 Å². The Kier molecular flexibility index (Phi) is 5.43. The molecule has 0 fully saturated rings. The van der Waals surface area contributed by atoms with Gasteiger partial charge in [-0.25, -0.2) is 4.79 Å². The molecule has 1 aromatic heterocycles. The summed E-state index contributed by atoms with van der Waals surface area (Å²) in [7, 11) is 0. The highest BCUT2D eigenvalue weighted by Crippen LogP contribution is 2.43. The van der Waals surface area contributed by atoms with Crippen molar-refractivity contribution in [2.75, 3.05) is 0 Å². The minimum Gasteiger partial charge on any atom is -0.508 e. The molecule has 7 heteroatoms. The van der Waals surface area contributed by atoms with Crippen LogP contribution in [-0.2, 0) is 4.79 Å². The highest BCUT2D eigenvalue weighted by molar-refractivity contribution is 7.21. The molecular formula is C24H16O6S. The Morgan fingerprint density at radius 3 is 2.39 bits per heavy atom. The first-order valence-electron chi connectivity index (χ1n) is 9.19. The number of fused-ring (bicyclic) bond motifs is 1. The largest absolute Gasteiger partial charge is 0.508 e. The van der Waals surface area contributed by atoms with Gasteiger partial charge in [0.25, 0.3) is 0 Å². The van der Waals surface area contributed by atoms with E-state index >= 15 is 0 Å². The molecule has 3 aromatic carbocycles. The Bertz CT molecular complexity index is 1320. The van der Waals surface area contributed by atoms with Gasteiger partial charge < -0.3 is 20.1 Å². The molecule has 0 aliphatic heterocycles. The second-order valence-corrected chi connectivity index (χ2v) is 7.68. The van der Waals surface area contributed by atoms with Gasteiger partial charge in [-0.15, -0.1) is 11.3 Å². The molecule has 6 nitrogen and oxygen atoms in total. The van der Waals surface area contributed by atoms with Gasteiger partial charge in [-0.1, -0.05) is 24.3 Å². The van der Waals surface area contributed by atoms with Crippen LogP contribution in [0.5, 0.6) is 23.0 Å². The Morgan fingerprint density at radius 1 is 0.935 bits per heavy atom. The summed E-state index contributed by atoms with van der Waals surface area (Å²) in [6.45, 7) is 0. The molecule has 0 atom stereocenters. The second-order valence-electron chi connectivity index (χ2n) is 6.63. The minimum absolute atomic E-state index is 0.0661. The summed E-state index contributed by atoms with van der Waals surface area (Å²) >= 11 is 1.16. The summed E-state index contributed by atoms with van der Waals surface area (Å²) in [6.07, 6.45) is 2.50. The van der Waals surface area contributed by atoms with Gasteiger partial charge in [-0.3, -0.25) is 4.79 Å². The van der Waals surface area contributed by atoms with Crippen LogP contribution in [0, 0.1) is 0 Å². The molecule has 0 bridgehead atoms. The average Bonchev–Trinajstić information content (AvgIpc) is 3.10. The van der Waals surface area contributed by atoms with E-state index in [9.17, 15) is 19.8 Å². The first-order valence-corrected chi connectivity index (χ1v) is 10.0. The van der Waals surface area contributed by atoms with E-state index in [1.165, 1.54) is 24.3 Å². The second kappa shape index (κ2) is 8.33. The van der Waals surface area contributed by atoms with Crippen LogP contribution in [0.1, 0.15) is 20.8 Å². The molecule has 0 spiro atoms. The number of hydrogen-bond acceptors (Lipinski definition) is 6. The molecule has 0 aliphatic rings. The van der Waals surface area contributed by atoms with Crippen molar-refractivity contribution in [2.45, 2.75) is 0 Å².